The normalized spacial score (nSPS) is 11.6. The van der Waals surface area contributed by atoms with Crippen molar-refractivity contribution >= 4 is 27.2 Å². The molecule has 3 heterocycles. The summed E-state index contributed by atoms with van der Waals surface area (Å²) in [5, 5.41) is -0.0788. The fourth-order valence-corrected chi connectivity index (χ4v) is 3.16. The molecule has 0 atom stereocenters. The number of aromatic nitrogens is 3. The Kier molecular flexibility index (Phi) is 2.79. The molecule has 0 spiro atoms. The predicted molar refractivity (Wildman–Crippen MR) is 74.6 cm³/mol. The number of nitrogens with zero attached hydrogens (tertiary/aromatic N) is 3. The molecular weight excluding hydrogens is 278 g/mol. The van der Waals surface area contributed by atoms with Gasteiger partial charge >= 0.3 is 0 Å². The molecule has 3 rings (SSSR count). The van der Waals surface area contributed by atoms with Gasteiger partial charge in [0.15, 0.2) is 5.82 Å². The van der Waals surface area contributed by atoms with E-state index < -0.39 is 10.0 Å². The number of pyridine rings is 2. The molecule has 3 aromatic heterocycles. The summed E-state index contributed by atoms with van der Waals surface area (Å²) < 4.78 is 28.7. The molecule has 20 heavy (non-hydrogen) atoms. The Morgan fingerprint density at radius 3 is 2.65 bits per heavy atom. The van der Waals surface area contributed by atoms with Gasteiger partial charge in [-0.3, -0.25) is 14.1 Å². The van der Waals surface area contributed by atoms with Gasteiger partial charge < -0.3 is 5.73 Å². The van der Waals surface area contributed by atoms with Gasteiger partial charge in [0.05, 0.1) is 5.69 Å². The number of fused-ring (bicyclic) bond motifs is 1. The number of nitrogens with one attached hydrogen (secondary N) is 1. The van der Waals surface area contributed by atoms with E-state index in [1.807, 2.05) is 0 Å². The minimum Gasteiger partial charge on any atom is -0.381 e. The summed E-state index contributed by atoms with van der Waals surface area (Å²) in [7, 11) is -3.83. The number of hydrogen-bond donors (Lipinski definition) is 2. The van der Waals surface area contributed by atoms with Gasteiger partial charge in [0.2, 0.25) is 5.03 Å². The highest BCUT2D eigenvalue weighted by molar-refractivity contribution is 7.92. The van der Waals surface area contributed by atoms with Crippen LogP contribution in [0.4, 0.5) is 11.5 Å². The molecule has 0 aliphatic rings. The summed E-state index contributed by atoms with van der Waals surface area (Å²) in [6.45, 7) is 0. The van der Waals surface area contributed by atoms with Crippen molar-refractivity contribution in [2.45, 2.75) is 5.03 Å². The van der Waals surface area contributed by atoms with E-state index in [-0.39, 0.29) is 10.8 Å². The number of imidazole rings is 1. The van der Waals surface area contributed by atoms with E-state index in [0.29, 0.717) is 11.3 Å². The van der Waals surface area contributed by atoms with Crippen LogP contribution in [-0.4, -0.2) is 22.8 Å². The van der Waals surface area contributed by atoms with Gasteiger partial charge in [-0.25, -0.2) is 4.98 Å². The number of rotatable bonds is 3. The van der Waals surface area contributed by atoms with Gasteiger partial charge in [-0.2, -0.15) is 8.42 Å². The third-order valence-electron chi connectivity index (χ3n) is 2.70. The van der Waals surface area contributed by atoms with Crippen molar-refractivity contribution in [1.29, 1.82) is 0 Å². The lowest BCUT2D eigenvalue weighted by Gasteiger charge is -2.07. The Hall–Kier alpha value is -2.61. The van der Waals surface area contributed by atoms with Gasteiger partial charge in [-0.15, -0.1) is 0 Å². The van der Waals surface area contributed by atoms with Crippen LogP contribution in [0, 0.1) is 0 Å². The summed E-state index contributed by atoms with van der Waals surface area (Å²) in [6.07, 6.45) is 4.59. The standard InChI is InChI=1S/C12H11N5O2S/c13-11-12(17-8-2-1-3-10(17)15-11)20(18,19)16-9-4-6-14-7-5-9/h1-8H,13H2,(H,14,16). The number of hydrogen-bond acceptors (Lipinski definition) is 5. The molecule has 0 fully saturated rings. The molecule has 0 amide bonds. The van der Waals surface area contributed by atoms with Crippen LogP contribution in [0.1, 0.15) is 0 Å². The van der Waals surface area contributed by atoms with Crippen molar-refractivity contribution in [1.82, 2.24) is 14.4 Å². The molecule has 0 radical (unpaired) electrons. The van der Waals surface area contributed by atoms with Gasteiger partial charge in [0, 0.05) is 18.6 Å². The molecular formula is C12H11N5O2S. The minimum absolute atomic E-state index is 0.0437. The molecule has 3 aromatic rings. The first-order chi connectivity index (χ1) is 9.58. The molecule has 0 bridgehead atoms. The number of anilines is 2. The highest BCUT2D eigenvalue weighted by Crippen LogP contribution is 2.22. The highest BCUT2D eigenvalue weighted by atomic mass is 32.2. The van der Waals surface area contributed by atoms with E-state index >= 15 is 0 Å². The van der Waals surface area contributed by atoms with E-state index in [0.717, 1.165) is 0 Å². The van der Waals surface area contributed by atoms with Gasteiger partial charge in [0.1, 0.15) is 5.65 Å². The Bertz CT molecular complexity index is 858. The minimum atomic E-state index is -3.83. The van der Waals surface area contributed by atoms with Crippen LogP contribution in [0.5, 0.6) is 0 Å². The van der Waals surface area contributed by atoms with Gasteiger partial charge in [0.25, 0.3) is 10.0 Å². The Morgan fingerprint density at radius 2 is 1.90 bits per heavy atom. The Morgan fingerprint density at radius 1 is 1.15 bits per heavy atom. The summed E-state index contributed by atoms with van der Waals surface area (Å²) in [4.78, 5) is 7.86. The Labute approximate surface area is 115 Å². The first-order valence-electron chi connectivity index (χ1n) is 5.73. The zero-order chi connectivity index (χ0) is 14.2. The lowest BCUT2D eigenvalue weighted by Crippen LogP contribution is -2.16. The summed E-state index contributed by atoms with van der Waals surface area (Å²) in [5.74, 6) is -0.0437. The monoisotopic (exact) mass is 289 g/mol. The third kappa shape index (κ3) is 2.05. The van der Waals surface area contributed by atoms with E-state index in [1.54, 1.807) is 36.5 Å². The van der Waals surface area contributed by atoms with Crippen LogP contribution in [-0.2, 0) is 10.0 Å². The van der Waals surface area contributed by atoms with Crippen LogP contribution in [0.3, 0.4) is 0 Å². The van der Waals surface area contributed by atoms with Gasteiger partial charge in [-0.05, 0) is 24.3 Å². The number of sulfonamides is 1. The largest absolute Gasteiger partial charge is 0.381 e. The van der Waals surface area contributed by atoms with Crippen LogP contribution < -0.4 is 10.5 Å². The quantitative estimate of drug-likeness (QED) is 0.752. The maximum atomic E-state index is 12.4. The summed E-state index contributed by atoms with van der Waals surface area (Å²) >= 11 is 0. The highest BCUT2D eigenvalue weighted by Gasteiger charge is 2.23. The molecule has 8 heteroatoms. The van der Waals surface area contributed by atoms with Crippen molar-refractivity contribution in [3.8, 4) is 0 Å². The fraction of sp³-hybridized carbons (Fsp3) is 0. The summed E-state index contributed by atoms with van der Waals surface area (Å²) in [5.41, 5.74) is 6.61. The van der Waals surface area contributed by atoms with Crippen molar-refractivity contribution in [2.24, 2.45) is 0 Å². The lowest BCUT2D eigenvalue weighted by atomic mass is 10.4. The second-order valence-corrected chi connectivity index (χ2v) is 5.67. The molecule has 3 N–H and O–H groups in total. The average Bonchev–Trinajstić information content (AvgIpc) is 2.75. The van der Waals surface area contributed by atoms with Crippen molar-refractivity contribution < 1.29 is 8.42 Å². The molecule has 0 aromatic carbocycles. The van der Waals surface area contributed by atoms with Crippen LogP contribution in [0.15, 0.2) is 53.9 Å². The number of nitrogens with two attached hydrogens (primary N) is 1. The second-order valence-electron chi connectivity index (χ2n) is 4.07. The first-order valence-corrected chi connectivity index (χ1v) is 7.22. The molecule has 0 saturated carbocycles. The topological polar surface area (TPSA) is 102 Å². The maximum Gasteiger partial charge on any atom is 0.281 e. The maximum absolute atomic E-state index is 12.4. The molecule has 0 saturated heterocycles. The second kappa shape index (κ2) is 4.49. The zero-order valence-corrected chi connectivity index (χ0v) is 11.1. The van der Waals surface area contributed by atoms with E-state index in [2.05, 4.69) is 14.7 Å². The molecule has 0 aliphatic carbocycles. The lowest BCUT2D eigenvalue weighted by molar-refractivity contribution is 0.597. The fourth-order valence-electron chi connectivity index (χ4n) is 1.88. The molecule has 0 aliphatic heterocycles. The molecule has 7 nitrogen and oxygen atoms in total. The predicted octanol–water partition coefficient (Wildman–Crippen LogP) is 1.11. The van der Waals surface area contributed by atoms with Crippen LogP contribution in [0.25, 0.3) is 5.65 Å². The van der Waals surface area contributed by atoms with E-state index in [4.69, 9.17) is 5.73 Å². The molecule has 0 unspecified atom stereocenters. The summed E-state index contributed by atoms with van der Waals surface area (Å²) in [6, 6.07) is 8.25. The van der Waals surface area contributed by atoms with Gasteiger partial charge in [-0.1, -0.05) is 6.07 Å². The Balaban J connectivity index is 2.12. The van der Waals surface area contributed by atoms with Crippen LogP contribution >= 0.6 is 0 Å². The zero-order valence-electron chi connectivity index (χ0n) is 10.3. The average molecular weight is 289 g/mol. The van der Waals surface area contributed by atoms with Crippen molar-refractivity contribution in [3.63, 3.8) is 0 Å². The van der Waals surface area contributed by atoms with E-state index in [9.17, 15) is 8.42 Å². The molecule has 102 valence electrons. The van der Waals surface area contributed by atoms with E-state index in [1.165, 1.54) is 16.8 Å². The van der Waals surface area contributed by atoms with Crippen molar-refractivity contribution in [2.75, 3.05) is 10.5 Å². The number of nitrogen functional groups attached to an aromatic ring is 1. The smallest absolute Gasteiger partial charge is 0.281 e. The third-order valence-corrected chi connectivity index (χ3v) is 4.12. The van der Waals surface area contributed by atoms with Crippen molar-refractivity contribution in [3.05, 3.63) is 48.9 Å². The SMILES string of the molecule is Nc1nc2ccccn2c1S(=O)(=O)Nc1ccncc1. The van der Waals surface area contributed by atoms with Crippen LogP contribution in [0.2, 0.25) is 0 Å². The first kappa shape index (κ1) is 12.4.